The van der Waals surface area contributed by atoms with E-state index in [2.05, 4.69) is 4.74 Å². The summed E-state index contributed by atoms with van der Waals surface area (Å²) < 4.78 is 4.29. The van der Waals surface area contributed by atoms with E-state index in [0.717, 1.165) is 7.11 Å². The Bertz CT molecular complexity index is 137. The van der Waals surface area contributed by atoms with Gasteiger partial charge in [0.05, 0.1) is 6.61 Å². The number of aliphatic hydroxyl groups excluding tert-OH is 6. The summed E-state index contributed by atoms with van der Waals surface area (Å²) in [5, 5.41) is 53.7. The molecule has 0 aliphatic rings. The molecule has 0 spiro atoms. The van der Waals surface area contributed by atoms with Gasteiger partial charge in [-0.15, -0.1) is 0 Å². The van der Waals surface area contributed by atoms with Gasteiger partial charge in [0, 0.05) is 7.11 Å². The molecule has 86 valence electrons. The van der Waals surface area contributed by atoms with Crippen molar-refractivity contribution in [3.05, 3.63) is 0 Å². The molecule has 0 amide bonds. The van der Waals surface area contributed by atoms with Crippen molar-refractivity contribution < 1.29 is 35.4 Å². The van der Waals surface area contributed by atoms with E-state index in [4.69, 9.17) is 25.5 Å². The number of hydrogen-bond acceptors (Lipinski definition) is 7. The van der Waals surface area contributed by atoms with E-state index < -0.39 is 37.3 Å². The molecule has 5 atom stereocenters. The maximum Gasteiger partial charge on any atom is 0.183 e. The van der Waals surface area contributed by atoms with Crippen LogP contribution in [0.25, 0.3) is 0 Å². The van der Waals surface area contributed by atoms with Crippen LogP contribution in [-0.2, 0) is 4.74 Å². The summed E-state index contributed by atoms with van der Waals surface area (Å²) in [6.45, 7) is -0.770. The highest BCUT2D eigenvalue weighted by molar-refractivity contribution is 4.81. The molecule has 0 aliphatic heterocycles. The van der Waals surface area contributed by atoms with E-state index in [1.807, 2.05) is 0 Å². The van der Waals surface area contributed by atoms with Crippen LogP contribution in [-0.4, -0.2) is 75.1 Å². The molecule has 0 heterocycles. The van der Waals surface area contributed by atoms with Crippen LogP contribution < -0.4 is 0 Å². The van der Waals surface area contributed by atoms with Crippen LogP contribution in [0.1, 0.15) is 0 Å². The van der Waals surface area contributed by atoms with Crippen LogP contribution in [0.2, 0.25) is 0 Å². The zero-order valence-electron chi connectivity index (χ0n) is 7.69. The van der Waals surface area contributed by atoms with Crippen LogP contribution in [0, 0.1) is 0 Å². The average molecular weight is 212 g/mol. The maximum absolute atomic E-state index is 9.18. The van der Waals surface area contributed by atoms with Crippen molar-refractivity contribution in [2.45, 2.75) is 30.7 Å². The van der Waals surface area contributed by atoms with Crippen molar-refractivity contribution in [2.24, 2.45) is 0 Å². The van der Waals surface area contributed by atoms with Gasteiger partial charge in [0.1, 0.15) is 24.4 Å². The van der Waals surface area contributed by atoms with Crippen molar-refractivity contribution in [1.29, 1.82) is 0 Å². The van der Waals surface area contributed by atoms with Gasteiger partial charge in [0.2, 0.25) is 0 Å². The van der Waals surface area contributed by atoms with E-state index in [0.29, 0.717) is 0 Å². The Labute approximate surface area is 80.8 Å². The fraction of sp³-hybridized carbons (Fsp3) is 1.00. The number of aliphatic hydroxyl groups is 6. The number of ether oxygens (including phenoxy) is 1. The lowest BCUT2D eigenvalue weighted by atomic mass is 10.0. The first-order valence-corrected chi connectivity index (χ1v) is 3.99. The molecule has 0 saturated heterocycles. The summed E-state index contributed by atoms with van der Waals surface area (Å²) in [7, 11) is 1.09. The Morgan fingerprint density at radius 2 is 1.43 bits per heavy atom. The fourth-order valence-corrected chi connectivity index (χ4v) is 0.846. The number of methoxy groups -OCH3 is 1. The molecular weight excluding hydrogens is 196 g/mol. The van der Waals surface area contributed by atoms with Crippen LogP contribution in [0.5, 0.6) is 0 Å². The molecule has 0 aliphatic carbocycles. The Kier molecular flexibility index (Phi) is 6.12. The van der Waals surface area contributed by atoms with Gasteiger partial charge in [-0.25, -0.2) is 0 Å². The van der Waals surface area contributed by atoms with E-state index in [1.165, 1.54) is 0 Å². The van der Waals surface area contributed by atoms with Crippen LogP contribution >= 0.6 is 0 Å². The molecule has 6 N–H and O–H groups in total. The quantitative estimate of drug-likeness (QED) is 0.251. The molecular formula is C7H16O7. The van der Waals surface area contributed by atoms with Crippen molar-refractivity contribution in [2.75, 3.05) is 13.7 Å². The lowest BCUT2D eigenvalue weighted by molar-refractivity contribution is -0.201. The van der Waals surface area contributed by atoms with Gasteiger partial charge in [-0.05, 0) is 0 Å². The predicted octanol–water partition coefficient (Wildman–Crippen LogP) is -3.61. The molecule has 0 bridgehead atoms. The lowest BCUT2D eigenvalue weighted by Crippen LogP contribution is -2.50. The second-order valence-electron chi connectivity index (χ2n) is 2.85. The van der Waals surface area contributed by atoms with Gasteiger partial charge in [0.25, 0.3) is 0 Å². The van der Waals surface area contributed by atoms with Gasteiger partial charge in [-0.1, -0.05) is 0 Å². The highest BCUT2D eigenvalue weighted by Crippen LogP contribution is 2.08. The van der Waals surface area contributed by atoms with Gasteiger partial charge in [-0.2, -0.15) is 0 Å². The molecule has 0 radical (unpaired) electrons. The molecule has 0 aromatic carbocycles. The number of rotatable bonds is 6. The summed E-state index contributed by atoms with van der Waals surface area (Å²) in [6, 6.07) is 0. The molecule has 7 heteroatoms. The van der Waals surface area contributed by atoms with Crippen molar-refractivity contribution in [3.63, 3.8) is 0 Å². The first kappa shape index (κ1) is 13.7. The lowest BCUT2D eigenvalue weighted by Gasteiger charge is -2.27. The molecule has 0 saturated carbocycles. The molecule has 0 unspecified atom stereocenters. The normalized spacial score (nSPS) is 22.5. The SMILES string of the molecule is CO[C@H](O)[C@@H](O)[C@H](O)[C@H](O)[C@H](O)CO. The minimum Gasteiger partial charge on any atom is -0.394 e. The van der Waals surface area contributed by atoms with Crippen LogP contribution in [0.4, 0.5) is 0 Å². The second kappa shape index (κ2) is 6.25. The van der Waals surface area contributed by atoms with E-state index >= 15 is 0 Å². The molecule has 0 aromatic rings. The average Bonchev–Trinajstić information content (AvgIpc) is 2.23. The standard InChI is InChI=1S/C7H16O7/c1-14-7(13)6(12)5(11)4(10)3(9)2-8/h3-13H,2H2,1H3/t3-,4-,5-,6+,7+/m1/s1. The largest absolute Gasteiger partial charge is 0.394 e. The topological polar surface area (TPSA) is 131 Å². The summed E-state index contributed by atoms with van der Waals surface area (Å²) in [4.78, 5) is 0. The summed E-state index contributed by atoms with van der Waals surface area (Å²) in [6.07, 6.45) is -8.61. The molecule has 0 aromatic heterocycles. The highest BCUT2D eigenvalue weighted by Gasteiger charge is 2.33. The Morgan fingerprint density at radius 1 is 0.929 bits per heavy atom. The third-order valence-electron chi connectivity index (χ3n) is 1.81. The number of hydrogen-bond donors (Lipinski definition) is 6. The Morgan fingerprint density at radius 3 is 1.79 bits per heavy atom. The summed E-state index contributed by atoms with van der Waals surface area (Å²) in [5.74, 6) is 0. The van der Waals surface area contributed by atoms with Crippen molar-refractivity contribution >= 4 is 0 Å². The van der Waals surface area contributed by atoms with E-state index in [-0.39, 0.29) is 0 Å². The van der Waals surface area contributed by atoms with Crippen molar-refractivity contribution in [1.82, 2.24) is 0 Å². The van der Waals surface area contributed by atoms with Gasteiger partial charge < -0.3 is 35.4 Å². The zero-order valence-corrected chi connectivity index (χ0v) is 7.69. The molecule has 0 rings (SSSR count). The van der Waals surface area contributed by atoms with Crippen LogP contribution in [0.15, 0.2) is 0 Å². The Hall–Kier alpha value is -0.280. The fourth-order valence-electron chi connectivity index (χ4n) is 0.846. The molecule has 14 heavy (non-hydrogen) atoms. The van der Waals surface area contributed by atoms with E-state index in [9.17, 15) is 5.11 Å². The second-order valence-corrected chi connectivity index (χ2v) is 2.85. The first-order chi connectivity index (χ1) is 6.45. The summed E-state index contributed by atoms with van der Waals surface area (Å²) in [5.41, 5.74) is 0. The van der Waals surface area contributed by atoms with Gasteiger partial charge in [-0.3, -0.25) is 0 Å². The third-order valence-corrected chi connectivity index (χ3v) is 1.81. The molecule has 0 fully saturated rings. The monoisotopic (exact) mass is 212 g/mol. The van der Waals surface area contributed by atoms with Crippen LogP contribution in [0.3, 0.4) is 0 Å². The predicted molar refractivity (Wildman–Crippen MR) is 44.1 cm³/mol. The smallest absolute Gasteiger partial charge is 0.183 e. The molecule has 7 nitrogen and oxygen atoms in total. The third kappa shape index (κ3) is 3.46. The first-order valence-electron chi connectivity index (χ1n) is 3.99. The minimum atomic E-state index is -1.81. The Balaban J connectivity index is 4.22. The van der Waals surface area contributed by atoms with Crippen molar-refractivity contribution in [3.8, 4) is 0 Å². The van der Waals surface area contributed by atoms with Gasteiger partial charge >= 0.3 is 0 Å². The highest BCUT2D eigenvalue weighted by atomic mass is 16.6. The maximum atomic E-state index is 9.18. The van der Waals surface area contributed by atoms with E-state index in [1.54, 1.807) is 0 Å². The van der Waals surface area contributed by atoms with Gasteiger partial charge in [0.15, 0.2) is 6.29 Å². The minimum absolute atomic E-state index is 0.770. The zero-order chi connectivity index (χ0) is 11.3. The summed E-state index contributed by atoms with van der Waals surface area (Å²) >= 11 is 0.